The molecule has 0 atom stereocenters. The van der Waals surface area contributed by atoms with Crippen LogP contribution in [-0.2, 0) is 11.2 Å². The number of benzene rings is 3. The molecule has 162 valence electrons. The van der Waals surface area contributed by atoms with Crippen molar-refractivity contribution in [1.29, 1.82) is 0 Å². The molecule has 1 aliphatic rings. The Morgan fingerprint density at radius 2 is 1.68 bits per heavy atom. The van der Waals surface area contributed by atoms with Crippen LogP contribution in [0.3, 0.4) is 0 Å². The SMILES string of the molecule is COc1cccc(OC2CCN(C)CC2)c1-c1cccc2c(CCC(=O)O)cccc12. The van der Waals surface area contributed by atoms with Gasteiger partial charge in [-0.3, -0.25) is 4.79 Å². The van der Waals surface area contributed by atoms with Gasteiger partial charge in [0.25, 0.3) is 0 Å². The first-order chi connectivity index (χ1) is 15.1. The number of likely N-dealkylation sites (tertiary alicyclic amines) is 1. The Hall–Kier alpha value is -3.05. The van der Waals surface area contributed by atoms with Crippen LogP contribution in [0.25, 0.3) is 21.9 Å². The van der Waals surface area contributed by atoms with Crippen molar-refractivity contribution in [3.63, 3.8) is 0 Å². The van der Waals surface area contributed by atoms with Crippen LogP contribution in [0.15, 0.2) is 54.6 Å². The van der Waals surface area contributed by atoms with Gasteiger partial charge in [-0.1, -0.05) is 42.5 Å². The van der Waals surface area contributed by atoms with Crippen LogP contribution in [0.2, 0.25) is 0 Å². The third-order valence-electron chi connectivity index (χ3n) is 6.06. The summed E-state index contributed by atoms with van der Waals surface area (Å²) in [6, 6.07) is 18.2. The summed E-state index contributed by atoms with van der Waals surface area (Å²) < 4.78 is 12.2. The van der Waals surface area contributed by atoms with Gasteiger partial charge in [-0.2, -0.15) is 0 Å². The van der Waals surface area contributed by atoms with Gasteiger partial charge in [-0.25, -0.2) is 0 Å². The molecular formula is C26H29NO4. The van der Waals surface area contributed by atoms with Crippen molar-refractivity contribution in [3.05, 3.63) is 60.2 Å². The van der Waals surface area contributed by atoms with E-state index in [4.69, 9.17) is 14.6 Å². The van der Waals surface area contributed by atoms with E-state index in [0.717, 1.165) is 64.9 Å². The number of carboxylic acids is 1. The van der Waals surface area contributed by atoms with E-state index in [0.29, 0.717) is 6.42 Å². The van der Waals surface area contributed by atoms with Crippen molar-refractivity contribution in [1.82, 2.24) is 4.90 Å². The number of ether oxygens (including phenoxy) is 2. The van der Waals surface area contributed by atoms with E-state index < -0.39 is 5.97 Å². The Morgan fingerprint density at radius 1 is 1.00 bits per heavy atom. The number of piperidine rings is 1. The first-order valence-electron chi connectivity index (χ1n) is 10.8. The molecule has 4 rings (SSSR count). The number of hydrogen-bond donors (Lipinski definition) is 1. The van der Waals surface area contributed by atoms with Crippen LogP contribution < -0.4 is 9.47 Å². The molecule has 3 aromatic carbocycles. The van der Waals surface area contributed by atoms with Crippen molar-refractivity contribution < 1.29 is 19.4 Å². The fraction of sp³-hybridized carbons (Fsp3) is 0.346. The highest BCUT2D eigenvalue weighted by molar-refractivity contribution is 6.01. The number of carboxylic acid groups (broad SMARTS) is 1. The Kier molecular flexibility index (Phi) is 6.42. The second-order valence-electron chi connectivity index (χ2n) is 8.17. The summed E-state index contributed by atoms with van der Waals surface area (Å²) in [6.45, 7) is 2.07. The average Bonchev–Trinajstić information content (AvgIpc) is 2.78. The van der Waals surface area contributed by atoms with E-state index in [1.54, 1.807) is 7.11 Å². The van der Waals surface area contributed by atoms with Crippen molar-refractivity contribution in [2.24, 2.45) is 0 Å². The molecule has 5 heteroatoms. The number of methoxy groups -OCH3 is 1. The third-order valence-corrected chi connectivity index (χ3v) is 6.06. The first-order valence-corrected chi connectivity index (χ1v) is 10.8. The van der Waals surface area contributed by atoms with Crippen molar-refractivity contribution >= 4 is 16.7 Å². The lowest BCUT2D eigenvalue weighted by Gasteiger charge is -2.30. The maximum Gasteiger partial charge on any atom is 0.303 e. The quantitative estimate of drug-likeness (QED) is 0.584. The number of aryl methyl sites for hydroxylation is 1. The summed E-state index contributed by atoms with van der Waals surface area (Å²) in [4.78, 5) is 13.4. The Balaban J connectivity index is 1.78. The molecule has 0 aliphatic carbocycles. The van der Waals surface area contributed by atoms with Gasteiger partial charge in [-0.15, -0.1) is 0 Å². The second-order valence-corrected chi connectivity index (χ2v) is 8.17. The molecule has 31 heavy (non-hydrogen) atoms. The molecule has 0 unspecified atom stereocenters. The topological polar surface area (TPSA) is 59.0 Å². The minimum Gasteiger partial charge on any atom is -0.496 e. The molecule has 0 radical (unpaired) electrons. The smallest absolute Gasteiger partial charge is 0.303 e. The fourth-order valence-corrected chi connectivity index (χ4v) is 4.38. The highest BCUT2D eigenvalue weighted by Gasteiger charge is 2.22. The summed E-state index contributed by atoms with van der Waals surface area (Å²) in [5.74, 6) is 0.818. The van der Waals surface area contributed by atoms with Crippen molar-refractivity contribution in [3.8, 4) is 22.6 Å². The van der Waals surface area contributed by atoms with E-state index in [9.17, 15) is 4.79 Å². The molecule has 0 bridgehead atoms. The zero-order valence-corrected chi connectivity index (χ0v) is 18.1. The molecular weight excluding hydrogens is 390 g/mol. The van der Waals surface area contributed by atoms with Gasteiger partial charge in [0.2, 0.25) is 0 Å². The molecule has 0 spiro atoms. The van der Waals surface area contributed by atoms with E-state index in [-0.39, 0.29) is 12.5 Å². The van der Waals surface area contributed by atoms with E-state index in [1.807, 2.05) is 36.4 Å². The van der Waals surface area contributed by atoms with Gasteiger partial charge in [0.15, 0.2) is 0 Å². The lowest BCUT2D eigenvalue weighted by atomic mass is 9.93. The highest BCUT2D eigenvalue weighted by Crippen LogP contribution is 2.43. The van der Waals surface area contributed by atoms with Gasteiger partial charge in [0, 0.05) is 19.5 Å². The highest BCUT2D eigenvalue weighted by atomic mass is 16.5. The molecule has 5 nitrogen and oxygen atoms in total. The van der Waals surface area contributed by atoms with Crippen molar-refractivity contribution in [2.75, 3.05) is 27.2 Å². The molecule has 0 amide bonds. The van der Waals surface area contributed by atoms with Crippen LogP contribution in [0.5, 0.6) is 11.5 Å². The second kappa shape index (κ2) is 9.40. The summed E-state index contributed by atoms with van der Waals surface area (Å²) >= 11 is 0. The first kappa shape index (κ1) is 21.2. The predicted octanol–water partition coefficient (Wildman–Crippen LogP) is 5.01. The average molecular weight is 420 g/mol. The van der Waals surface area contributed by atoms with E-state index in [1.165, 1.54) is 0 Å². The zero-order valence-electron chi connectivity index (χ0n) is 18.1. The van der Waals surface area contributed by atoms with Crippen LogP contribution in [0, 0.1) is 0 Å². The number of rotatable bonds is 7. The maximum absolute atomic E-state index is 11.1. The van der Waals surface area contributed by atoms with Crippen LogP contribution >= 0.6 is 0 Å². The molecule has 1 saturated heterocycles. The predicted molar refractivity (Wildman–Crippen MR) is 123 cm³/mol. The van der Waals surface area contributed by atoms with Gasteiger partial charge in [0.05, 0.1) is 12.7 Å². The van der Waals surface area contributed by atoms with Gasteiger partial charge in [0.1, 0.15) is 17.6 Å². The normalized spacial score (nSPS) is 15.2. The monoisotopic (exact) mass is 419 g/mol. The van der Waals surface area contributed by atoms with Gasteiger partial charge >= 0.3 is 5.97 Å². The Labute approximate surface area is 183 Å². The number of aliphatic carboxylic acids is 1. The van der Waals surface area contributed by atoms with Crippen molar-refractivity contribution in [2.45, 2.75) is 31.8 Å². The number of carbonyl (C=O) groups is 1. The lowest BCUT2D eigenvalue weighted by Crippen LogP contribution is -2.35. The molecule has 1 aliphatic heterocycles. The summed E-state index contributed by atoms with van der Waals surface area (Å²) in [6.07, 6.45) is 2.80. The minimum atomic E-state index is -0.785. The van der Waals surface area contributed by atoms with Crippen LogP contribution in [-0.4, -0.2) is 49.3 Å². The summed E-state index contributed by atoms with van der Waals surface area (Å²) in [7, 11) is 3.83. The van der Waals surface area contributed by atoms with E-state index in [2.05, 4.69) is 30.1 Å². The zero-order chi connectivity index (χ0) is 21.8. The Bertz CT molecular complexity index is 1070. The number of fused-ring (bicyclic) bond motifs is 1. The fourth-order valence-electron chi connectivity index (χ4n) is 4.38. The largest absolute Gasteiger partial charge is 0.496 e. The molecule has 0 saturated carbocycles. The Morgan fingerprint density at radius 3 is 2.42 bits per heavy atom. The lowest BCUT2D eigenvalue weighted by molar-refractivity contribution is -0.136. The molecule has 0 aromatic heterocycles. The van der Waals surface area contributed by atoms with Crippen LogP contribution in [0.4, 0.5) is 0 Å². The molecule has 1 fully saturated rings. The summed E-state index contributed by atoms with van der Waals surface area (Å²) in [5.41, 5.74) is 3.02. The summed E-state index contributed by atoms with van der Waals surface area (Å²) in [5, 5.41) is 11.3. The maximum atomic E-state index is 11.1. The van der Waals surface area contributed by atoms with E-state index >= 15 is 0 Å². The molecule has 1 N–H and O–H groups in total. The molecule has 3 aromatic rings. The molecule has 1 heterocycles. The van der Waals surface area contributed by atoms with Gasteiger partial charge in [-0.05, 0) is 60.3 Å². The standard InChI is InChI=1S/C26H29NO4/c1-27-16-14-19(15-17-27)31-24-11-5-10-23(30-2)26(24)22-9-4-7-20-18(12-13-25(28)29)6-3-8-21(20)22/h3-11,19H,12-17H2,1-2H3,(H,28,29). The van der Waals surface area contributed by atoms with Crippen LogP contribution in [0.1, 0.15) is 24.8 Å². The number of hydrogen-bond acceptors (Lipinski definition) is 4. The number of nitrogens with zero attached hydrogens (tertiary/aromatic N) is 1. The minimum absolute atomic E-state index is 0.114. The third kappa shape index (κ3) is 4.67. The van der Waals surface area contributed by atoms with Gasteiger partial charge < -0.3 is 19.5 Å².